The highest BCUT2D eigenvalue weighted by Crippen LogP contribution is 2.36. The van der Waals surface area contributed by atoms with E-state index < -0.39 is 0 Å². The van der Waals surface area contributed by atoms with E-state index in [1.54, 1.807) is 6.92 Å². The molecule has 1 aliphatic heterocycles. The van der Waals surface area contributed by atoms with Gasteiger partial charge in [0.2, 0.25) is 0 Å². The summed E-state index contributed by atoms with van der Waals surface area (Å²) < 4.78 is 5.17. The second kappa shape index (κ2) is 4.98. The summed E-state index contributed by atoms with van der Waals surface area (Å²) in [5.74, 6) is 1.21. The summed E-state index contributed by atoms with van der Waals surface area (Å²) in [6.07, 6.45) is 2.39. The van der Waals surface area contributed by atoms with Crippen LogP contribution in [-0.2, 0) is 0 Å². The monoisotopic (exact) mass is 285 g/mol. The highest BCUT2D eigenvalue weighted by Gasteiger charge is 2.35. The fourth-order valence-electron chi connectivity index (χ4n) is 2.84. The van der Waals surface area contributed by atoms with Crippen molar-refractivity contribution in [3.05, 3.63) is 29.6 Å². The number of benzene rings is 1. The van der Waals surface area contributed by atoms with Gasteiger partial charge in [0.05, 0.1) is 0 Å². The standard InChI is InChI=1S/C16H19N3O2/c1-4-16(5-2)9-14(20)12-8-11(6-7-13(12)18-16)15-17-10(3)19-21-15/h6-8,18H,4-5,9H2,1-3H3. The molecule has 0 fully saturated rings. The number of hydrogen-bond acceptors (Lipinski definition) is 5. The zero-order valence-corrected chi connectivity index (χ0v) is 12.6. The normalized spacial score (nSPS) is 16.4. The quantitative estimate of drug-likeness (QED) is 0.933. The molecule has 0 atom stereocenters. The van der Waals surface area contributed by atoms with E-state index in [1.165, 1.54) is 0 Å². The first kappa shape index (κ1) is 13.8. The van der Waals surface area contributed by atoms with Crippen LogP contribution in [0, 0.1) is 6.92 Å². The van der Waals surface area contributed by atoms with Crippen LogP contribution >= 0.6 is 0 Å². The molecular weight excluding hydrogens is 266 g/mol. The Morgan fingerprint density at radius 3 is 2.71 bits per heavy atom. The van der Waals surface area contributed by atoms with Gasteiger partial charge in [-0.05, 0) is 38.0 Å². The van der Waals surface area contributed by atoms with Crippen LogP contribution in [0.2, 0.25) is 0 Å². The highest BCUT2D eigenvalue weighted by atomic mass is 16.5. The molecule has 1 aromatic heterocycles. The number of nitrogens with one attached hydrogen (secondary N) is 1. The van der Waals surface area contributed by atoms with E-state index in [4.69, 9.17) is 4.52 Å². The van der Waals surface area contributed by atoms with Crippen LogP contribution in [0.5, 0.6) is 0 Å². The van der Waals surface area contributed by atoms with Crippen molar-refractivity contribution in [3.8, 4) is 11.5 Å². The first-order valence-corrected chi connectivity index (χ1v) is 7.33. The minimum absolute atomic E-state index is 0.118. The largest absolute Gasteiger partial charge is 0.379 e. The van der Waals surface area contributed by atoms with Crippen molar-refractivity contribution in [1.29, 1.82) is 0 Å². The number of hydrogen-bond donors (Lipinski definition) is 1. The molecule has 3 rings (SSSR count). The Morgan fingerprint density at radius 1 is 1.33 bits per heavy atom. The molecule has 1 aromatic carbocycles. The molecule has 1 aliphatic rings. The Kier molecular flexibility index (Phi) is 3.27. The van der Waals surface area contributed by atoms with Crippen molar-refractivity contribution in [2.75, 3.05) is 5.32 Å². The van der Waals surface area contributed by atoms with Crippen LogP contribution in [0.4, 0.5) is 5.69 Å². The van der Waals surface area contributed by atoms with Gasteiger partial charge in [-0.1, -0.05) is 19.0 Å². The third kappa shape index (κ3) is 2.33. The lowest BCUT2D eigenvalue weighted by Crippen LogP contribution is -2.43. The Labute approximate surface area is 123 Å². The van der Waals surface area contributed by atoms with Crippen LogP contribution in [0.1, 0.15) is 49.3 Å². The molecule has 0 saturated heterocycles. The van der Waals surface area contributed by atoms with Gasteiger partial charge in [-0.25, -0.2) is 0 Å². The molecule has 5 heteroatoms. The zero-order chi connectivity index (χ0) is 15.0. The van der Waals surface area contributed by atoms with Crippen molar-refractivity contribution in [3.63, 3.8) is 0 Å². The number of ketones is 1. The summed E-state index contributed by atoms with van der Waals surface area (Å²) in [5, 5.41) is 7.32. The molecule has 0 bridgehead atoms. The summed E-state index contributed by atoms with van der Waals surface area (Å²) in [4.78, 5) is 16.7. The maximum absolute atomic E-state index is 12.5. The molecule has 110 valence electrons. The fourth-order valence-corrected chi connectivity index (χ4v) is 2.84. The first-order chi connectivity index (χ1) is 10.1. The van der Waals surface area contributed by atoms with Gasteiger partial charge in [0.15, 0.2) is 11.6 Å². The molecular formula is C16H19N3O2. The van der Waals surface area contributed by atoms with Gasteiger partial charge in [-0.15, -0.1) is 0 Å². The third-order valence-corrected chi connectivity index (χ3v) is 4.35. The predicted octanol–water partition coefficient (Wildman–Crippen LogP) is 3.60. The van der Waals surface area contributed by atoms with E-state index in [9.17, 15) is 4.79 Å². The van der Waals surface area contributed by atoms with Gasteiger partial charge < -0.3 is 9.84 Å². The lowest BCUT2D eigenvalue weighted by atomic mass is 9.81. The summed E-state index contributed by atoms with van der Waals surface area (Å²) >= 11 is 0. The maximum atomic E-state index is 12.5. The lowest BCUT2D eigenvalue weighted by molar-refractivity contribution is 0.0946. The number of carbonyl (C=O) groups excluding carboxylic acids is 1. The number of rotatable bonds is 3. The van der Waals surface area contributed by atoms with E-state index in [-0.39, 0.29) is 11.3 Å². The van der Waals surface area contributed by atoms with Crippen molar-refractivity contribution >= 4 is 11.5 Å². The molecule has 0 radical (unpaired) electrons. The first-order valence-electron chi connectivity index (χ1n) is 7.33. The van der Waals surface area contributed by atoms with Gasteiger partial charge in [0.25, 0.3) is 5.89 Å². The number of aromatic nitrogens is 2. The highest BCUT2D eigenvalue weighted by molar-refractivity contribution is 6.05. The predicted molar refractivity (Wildman–Crippen MR) is 80.4 cm³/mol. The Bertz CT molecular complexity index is 687. The van der Waals surface area contributed by atoms with Crippen LogP contribution in [0.15, 0.2) is 22.7 Å². The van der Waals surface area contributed by atoms with Crippen molar-refractivity contribution in [2.24, 2.45) is 0 Å². The average Bonchev–Trinajstić information content (AvgIpc) is 2.93. The van der Waals surface area contributed by atoms with Gasteiger partial charge >= 0.3 is 0 Å². The van der Waals surface area contributed by atoms with E-state index >= 15 is 0 Å². The van der Waals surface area contributed by atoms with Crippen LogP contribution in [-0.4, -0.2) is 21.5 Å². The SMILES string of the molecule is CCC1(CC)CC(=O)c2cc(-c3nc(C)no3)ccc2N1. The number of fused-ring (bicyclic) bond motifs is 1. The van der Waals surface area contributed by atoms with Crippen LogP contribution < -0.4 is 5.32 Å². The number of nitrogens with zero attached hydrogens (tertiary/aromatic N) is 2. The molecule has 0 aliphatic carbocycles. The smallest absolute Gasteiger partial charge is 0.257 e. The summed E-state index contributed by atoms with van der Waals surface area (Å²) in [7, 11) is 0. The van der Waals surface area contributed by atoms with E-state index in [2.05, 4.69) is 29.3 Å². The van der Waals surface area contributed by atoms with Gasteiger partial charge in [-0.2, -0.15) is 4.98 Å². The molecule has 2 aromatic rings. The number of carbonyl (C=O) groups is 1. The van der Waals surface area contributed by atoms with E-state index in [1.807, 2.05) is 18.2 Å². The second-order valence-electron chi connectivity index (χ2n) is 5.62. The van der Waals surface area contributed by atoms with Crippen molar-refractivity contribution in [1.82, 2.24) is 10.1 Å². The number of Topliss-reactive ketones (excluding diaryl/α,β-unsaturated/α-hetero) is 1. The molecule has 21 heavy (non-hydrogen) atoms. The van der Waals surface area contributed by atoms with Gasteiger partial charge in [0.1, 0.15) is 0 Å². The molecule has 0 spiro atoms. The van der Waals surface area contributed by atoms with E-state index in [0.717, 1.165) is 24.1 Å². The summed E-state index contributed by atoms with van der Waals surface area (Å²) in [6.45, 7) is 6.00. The minimum Gasteiger partial charge on any atom is -0.379 e. The van der Waals surface area contributed by atoms with Gasteiger partial charge in [0, 0.05) is 28.8 Å². The molecule has 5 nitrogen and oxygen atoms in total. The van der Waals surface area contributed by atoms with Crippen molar-refractivity contribution < 1.29 is 9.32 Å². The summed E-state index contributed by atoms with van der Waals surface area (Å²) in [5.41, 5.74) is 2.27. The second-order valence-corrected chi connectivity index (χ2v) is 5.62. The molecule has 0 saturated carbocycles. The van der Waals surface area contributed by atoms with Crippen molar-refractivity contribution in [2.45, 2.75) is 45.6 Å². The third-order valence-electron chi connectivity index (χ3n) is 4.35. The topological polar surface area (TPSA) is 68.0 Å². The Morgan fingerprint density at radius 2 is 2.10 bits per heavy atom. The molecule has 2 heterocycles. The zero-order valence-electron chi connectivity index (χ0n) is 12.6. The number of aryl methyl sites for hydroxylation is 1. The number of anilines is 1. The molecule has 1 N–H and O–H groups in total. The van der Waals surface area contributed by atoms with Crippen LogP contribution in [0.25, 0.3) is 11.5 Å². The minimum atomic E-state index is -0.118. The Hall–Kier alpha value is -2.17. The molecule has 0 amide bonds. The van der Waals surface area contributed by atoms with E-state index in [0.29, 0.717) is 23.7 Å². The molecule has 0 unspecified atom stereocenters. The Balaban J connectivity index is 2.01. The van der Waals surface area contributed by atoms with Crippen LogP contribution in [0.3, 0.4) is 0 Å². The summed E-state index contributed by atoms with van der Waals surface area (Å²) in [6, 6.07) is 5.68. The lowest BCUT2D eigenvalue weighted by Gasteiger charge is -2.38. The maximum Gasteiger partial charge on any atom is 0.257 e. The fraction of sp³-hybridized carbons (Fsp3) is 0.438. The average molecular weight is 285 g/mol. The van der Waals surface area contributed by atoms with Gasteiger partial charge in [-0.3, -0.25) is 4.79 Å².